The maximum absolute atomic E-state index is 11.4. The van der Waals surface area contributed by atoms with Gasteiger partial charge in [0.1, 0.15) is 5.25 Å². The van der Waals surface area contributed by atoms with E-state index in [-0.39, 0.29) is 42.1 Å². The third-order valence-corrected chi connectivity index (χ3v) is 4.08. The fourth-order valence-electron chi connectivity index (χ4n) is 1.63. The summed E-state index contributed by atoms with van der Waals surface area (Å²) in [5, 5.41) is 8.27. The van der Waals surface area contributed by atoms with Crippen LogP contribution in [0.4, 0.5) is 0 Å². The van der Waals surface area contributed by atoms with E-state index in [0.29, 0.717) is 0 Å². The van der Waals surface area contributed by atoms with Crippen molar-refractivity contribution in [3.8, 4) is 0 Å². The van der Waals surface area contributed by atoms with Crippen molar-refractivity contribution in [2.45, 2.75) is 51.2 Å². The summed E-state index contributed by atoms with van der Waals surface area (Å²) in [6.45, 7) is 4.09. The number of ether oxygens (including phenoxy) is 1. The summed E-state index contributed by atoms with van der Waals surface area (Å²) in [5.74, 6) is -2.85. The van der Waals surface area contributed by atoms with Gasteiger partial charge in [0, 0.05) is 0 Å². The van der Waals surface area contributed by atoms with Gasteiger partial charge in [-0.3, -0.25) is 9.35 Å². The van der Waals surface area contributed by atoms with Gasteiger partial charge in [0.15, 0.2) is 0 Å². The van der Waals surface area contributed by atoms with Gasteiger partial charge >= 0.3 is 35.5 Å². The van der Waals surface area contributed by atoms with Gasteiger partial charge in [0.2, 0.25) is 0 Å². The molecular weight excluding hydrogens is 311 g/mol. The Hall–Kier alpha value is -0.150. The molecule has 0 saturated carbocycles. The molecule has 0 aliphatic heterocycles. The molecule has 1 N–H and O–H groups in total. The normalized spacial score (nSPS) is 13.9. The molecule has 0 saturated heterocycles. The minimum absolute atomic E-state index is 0. The number of unbranched alkanes of at least 4 members (excludes halogenated alkanes) is 1. The first kappa shape index (κ1) is 23.1. The van der Waals surface area contributed by atoms with Gasteiger partial charge in [-0.25, -0.2) is 0 Å². The quantitative estimate of drug-likeness (QED) is 0.260. The Bertz CT molecular complexity index is 421. The number of esters is 1. The van der Waals surface area contributed by atoms with E-state index in [1.807, 2.05) is 13.8 Å². The summed E-state index contributed by atoms with van der Waals surface area (Å²) in [6.07, 6.45) is 2.73. The smallest absolute Gasteiger partial charge is 0.549 e. The summed E-state index contributed by atoms with van der Waals surface area (Å²) in [7, 11) is -4.88. The van der Waals surface area contributed by atoms with Gasteiger partial charge in [0.25, 0.3) is 10.1 Å². The van der Waals surface area contributed by atoms with Crippen LogP contribution in [0.2, 0.25) is 0 Å². The number of hydrogen-bond donors (Lipinski definition) is 1. The van der Waals surface area contributed by atoms with E-state index in [9.17, 15) is 23.1 Å². The zero-order valence-corrected chi connectivity index (χ0v) is 15.5. The fourth-order valence-corrected chi connectivity index (χ4v) is 2.22. The zero-order chi connectivity index (χ0) is 15.8. The first-order valence-electron chi connectivity index (χ1n) is 6.55. The summed E-state index contributed by atoms with van der Waals surface area (Å²) in [6, 6.07) is 0. The van der Waals surface area contributed by atoms with Crippen molar-refractivity contribution in [3.05, 3.63) is 0 Å². The van der Waals surface area contributed by atoms with E-state index in [0.717, 1.165) is 25.7 Å². The molecule has 118 valence electrons. The monoisotopic (exact) mass is 332 g/mol. The first-order valence-corrected chi connectivity index (χ1v) is 8.05. The predicted molar refractivity (Wildman–Crippen MR) is 69.2 cm³/mol. The second kappa shape index (κ2) is 11.4. The van der Waals surface area contributed by atoms with Crippen LogP contribution in [-0.2, 0) is 24.4 Å². The molecule has 0 heterocycles. The maximum atomic E-state index is 11.4. The second-order valence-electron chi connectivity index (χ2n) is 4.63. The van der Waals surface area contributed by atoms with Crippen LogP contribution in [0, 0.1) is 5.92 Å². The Morgan fingerprint density at radius 3 is 2.24 bits per heavy atom. The molecule has 0 rings (SSSR count). The molecule has 0 radical (unpaired) electrons. The van der Waals surface area contributed by atoms with Gasteiger partial charge in [-0.1, -0.05) is 33.1 Å². The van der Waals surface area contributed by atoms with Crippen LogP contribution >= 0.6 is 0 Å². The maximum Gasteiger partial charge on any atom is 1.00 e. The Morgan fingerprint density at radius 1 is 1.29 bits per heavy atom. The van der Waals surface area contributed by atoms with E-state index >= 15 is 0 Å². The van der Waals surface area contributed by atoms with E-state index in [4.69, 9.17) is 9.29 Å². The minimum atomic E-state index is -4.88. The molecule has 0 fully saturated rings. The van der Waals surface area contributed by atoms with Crippen molar-refractivity contribution in [2.24, 2.45) is 5.92 Å². The van der Waals surface area contributed by atoms with Crippen LogP contribution in [0.5, 0.6) is 0 Å². The molecule has 0 bridgehead atoms. The second-order valence-corrected chi connectivity index (χ2v) is 6.23. The van der Waals surface area contributed by atoms with Gasteiger partial charge in [-0.2, -0.15) is 8.42 Å². The number of carboxylic acids is 1. The molecule has 0 aliphatic carbocycles. The molecule has 2 unspecified atom stereocenters. The minimum Gasteiger partial charge on any atom is -0.549 e. The molecule has 0 amide bonds. The van der Waals surface area contributed by atoms with E-state index in [2.05, 4.69) is 0 Å². The molecule has 9 heteroatoms. The van der Waals surface area contributed by atoms with Crippen LogP contribution in [0.3, 0.4) is 0 Å². The number of hydrogen-bond acceptors (Lipinski definition) is 6. The van der Waals surface area contributed by atoms with E-state index < -0.39 is 33.7 Å². The summed E-state index contributed by atoms with van der Waals surface area (Å²) in [4.78, 5) is 22.0. The number of carbonyl (C=O) groups excluding carboxylic acids is 2. The Balaban J connectivity index is 0. The van der Waals surface area contributed by atoms with Crippen LogP contribution in [0.25, 0.3) is 0 Å². The number of carboxylic acid groups (broad SMARTS) is 1. The SMILES string of the molecule is CCCCC(CC)COC(=O)CC(C(=O)[O-])S(=O)(=O)O.[Na+]. The Kier molecular flexibility index (Phi) is 12.6. The zero-order valence-electron chi connectivity index (χ0n) is 12.7. The molecule has 21 heavy (non-hydrogen) atoms. The molecule has 7 nitrogen and oxygen atoms in total. The molecule has 0 aromatic rings. The van der Waals surface area contributed by atoms with Crippen molar-refractivity contribution < 1.29 is 62.0 Å². The third kappa shape index (κ3) is 10.2. The molecule has 0 spiro atoms. The third-order valence-electron chi connectivity index (χ3n) is 3.00. The molecule has 0 aromatic carbocycles. The van der Waals surface area contributed by atoms with Crippen molar-refractivity contribution in [3.63, 3.8) is 0 Å². The van der Waals surface area contributed by atoms with Crippen LogP contribution < -0.4 is 34.7 Å². The first-order chi connectivity index (χ1) is 9.22. The van der Waals surface area contributed by atoms with Crippen LogP contribution in [0.1, 0.15) is 46.0 Å². The standard InChI is InChI=1S/C12H22O7S.Na/c1-3-5-6-9(4-2)8-19-11(13)7-10(12(14)15)20(16,17)18;/h9-10H,3-8H2,1-2H3,(H,14,15)(H,16,17,18);/q;+1/p-1. The van der Waals surface area contributed by atoms with Crippen molar-refractivity contribution >= 4 is 22.1 Å². The number of rotatable bonds is 10. The van der Waals surface area contributed by atoms with Crippen molar-refractivity contribution in [1.29, 1.82) is 0 Å². The van der Waals surface area contributed by atoms with E-state index in [1.54, 1.807) is 0 Å². The number of aliphatic carboxylic acids is 1. The van der Waals surface area contributed by atoms with Gasteiger partial charge in [0.05, 0.1) is 19.0 Å². The Labute approximate surface area is 147 Å². The summed E-state index contributed by atoms with van der Waals surface area (Å²) >= 11 is 0. The average Bonchev–Trinajstić information content (AvgIpc) is 2.34. The fraction of sp³-hybridized carbons (Fsp3) is 0.833. The molecule has 2 atom stereocenters. The predicted octanol–water partition coefficient (Wildman–Crippen LogP) is -2.85. The number of carbonyl (C=O) groups is 2. The van der Waals surface area contributed by atoms with Gasteiger partial charge in [-0.05, 0) is 12.3 Å². The summed E-state index contributed by atoms with van der Waals surface area (Å²) < 4.78 is 35.1. The van der Waals surface area contributed by atoms with Crippen LogP contribution in [-0.4, -0.2) is 36.8 Å². The molecular formula is C12H21NaO7S. The van der Waals surface area contributed by atoms with Crippen molar-refractivity contribution in [1.82, 2.24) is 0 Å². The topological polar surface area (TPSA) is 121 Å². The van der Waals surface area contributed by atoms with Crippen molar-refractivity contribution in [2.75, 3.05) is 6.61 Å². The van der Waals surface area contributed by atoms with Gasteiger partial charge < -0.3 is 14.6 Å². The Morgan fingerprint density at radius 2 is 1.86 bits per heavy atom. The molecule has 0 aliphatic rings. The van der Waals surface area contributed by atoms with Gasteiger partial charge in [-0.15, -0.1) is 0 Å². The van der Waals surface area contributed by atoms with E-state index in [1.165, 1.54) is 0 Å². The average molecular weight is 332 g/mol. The summed E-state index contributed by atoms with van der Waals surface area (Å²) in [5.41, 5.74) is 0. The van der Waals surface area contributed by atoms with Crippen LogP contribution in [0.15, 0.2) is 0 Å². The largest absolute Gasteiger partial charge is 1.00 e. The molecule has 0 aromatic heterocycles.